The number of aryl methyl sites for hydroxylation is 1. The Balaban J connectivity index is 2.72. The molecule has 0 radical (unpaired) electrons. The molecule has 1 heterocycles. The van der Waals surface area contributed by atoms with Gasteiger partial charge in [0.2, 0.25) is 0 Å². The van der Waals surface area contributed by atoms with Gasteiger partial charge in [0.1, 0.15) is 0 Å². The van der Waals surface area contributed by atoms with Gasteiger partial charge in [-0.05, 0) is 13.8 Å². The van der Waals surface area contributed by atoms with E-state index in [0.717, 1.165) is 0 Å². The lowest BCUT2D eigenvalue weighted by Crippen LogP contribution is -2.10. The third kappa shape index (κ3) is 3.61. The molecule has 2 N–H and O–H groups in total. The fourth-order valence-corrected chi connectivity index (χ4v) is 1.60. The van der Waals surface area contributed by atoms with Crippen molar-refractivity contribution in [3.8, 4) is 0 Å². The van der Waals surface area contributed by atoms with Crippen molar-refractivity contribution in [2.75, 3.05) is 5.75 Å². The molecule has 0 aliphatic carbocycles. The van der Waals surface area contributed by atoms with Crippen LogP contribution in [0, 0.1) is 6.92 Å². The maximum Gasteiger partial charge on any atom is 0.251 e. The fourth-order valence-electron chi connectivity index (χ4n) is 0.819. The first-order chi connectivity index (χ1) is 6.08. The van der Waals surface area contributed by atoms with E-state index in [1.807, 2.05) is 0 Å². The predicted molar refractivity (Wildman–Crippen MR) is 52.0 cm³/mol. The number of aliphatic hydroxyl groups is 1. The predicted octanol–water partition coefficient (Wildman–Crippen LogP) is 0.551. The van der Waals surface area contributed by atoms with Crippen LogP contribution in [-0.2, 0) is 0 Å². The van der Waals surface area contributed by atoms with Crippen LogP contribution in [0.3, 0.4) is 0 Å². The number of hydrogen-bond donors (Lipinski definition) is 2. The summed E-state index contributed by atoms with van der Waals surface area (Å²) in [6.07, 6.45) is -0.393. The Kier molecular flexibility index (Phi) is 3.50. The van der Waals surface area contributed by atoms with E-state index in [2.05, 4.69) is 9.97 Å². The van der Waals surface area contributed by atoms with Gasteiger partial charge in [-0.25, -0.2) is 4.98 Å². The van der Waals surface area contributed by atoms with Crippen molar-refractivity contribution < 1.29 is 5.11 Å². The van der Waals surface area contributed by atoms with Crippen LogP contribution in [0.15, 0.2) is 16.0 Å². The van der Waals surface area contributed by atoms with E-state index < -0.39 is 6.10 Å². The zero-order valence-electron chi connectivity index (χ0n) is 7.57. The number of rotatable bonds is 3. The van der Waals surface area contributed by atoms with Gasteiger partial charge in [0.05, 0.1) is 6.10 Å². The molecule has 0 spiro atoms. The van der Waals surface area contributed by atoms with Gasteiger partial charge in [-0.3, -0.25) is 4.79 Å². The normalized spacial score (nSPS) is 12.8. The first kappa shape index (κ1) is 10.3. The summed E-state index contributed by atoms with van der Waals surface area (Å²) >= 11 is 1.34. The lowest BCUT2D eigenvalue weighted by atomic mass is 10.5. The minimum absolute atomic E-state index is 0.152. The SMILES string of the molecule is Cc1cc(=O)[nH]c(SC[C@@H](C)O)n1. The van der Waals surface area contributed by atoms with Crippen LogP contribution < -0.4 is 5.56 Å². The van der Waals surface area contributed by atoms with Gasteiger partial charge < -0.3 is 10.1 Å². The van der Waals surface area contributed by atoms with Crippen LogP contribution >= 0.6 is 11.8 Å². The Hall–Kier alpha value is -0.810. The van der Waals surface area contributed by atoms with E-state index in [-0.39, 0.29) is 5.56 Å². The van der Waals surface area contributed by atoms with E-state index in [9.17, 15) is 4.79 Å². The number of aliphatic hydroxyl groups excluding tert-OH is 1. The maximum absolute atomic E-state index is 11.0. The first-order valence-corrected chi connectivity index (χ1v) is 4.95. The molecule has 72 valence electrons. The highest BCUT2D eigenvalue weighted by molar-refractivity contribution is 7.99. The van der Waals surface area contributed by atoms with E-state index >= 15 is 0 Å². The van der Waals surface area contributed by atoms with E-state index in [0.29, 0.717) is 16.6 Å². The minimum atomic E-state index is -0.393. The minimum Gasteiger partial charge on any atom is -0.393 e. The monoisotopic (exact) mass is 200 g/mol. The largest absolute Gasteiger partial charge is 0.393 e. The summed E-state index contributed by atoms with van der Waals surface area (Å²) in [4.78, 5) is 17.7. The molecule has 13 heavy (non-hydrogen) atoms. The van der Waals surface area contributed by atoms with Crippen LogP contribution in [-0.4, -0.2) is 26.9 Å². The van der Waals surface area contributed by atoms with Crippen molar-refractivity contribution in [3.05, 3.63) is 22.1 Å². The van der Waals surface area contributed by atoms with Crippen LogP contribution in [0.2, 0.25) is 0 Å². The quantitative estimate of drug-likeness (QED) is 0.552. The molecule has 1 rings (SSSR count). The first-order valence-electron chi connectivity index (χ1n) is 3.97. The zero-order chi connectivity index (χ0) is 9.84. The van der Waals surface area contributed by atoms with E-state index in [4.69, 9.17) is 5.11 Å². The second kappa shape index (κ2) is 4.43. The average Bonchev–Trinajstić information content (AvgIpc) is 1.99. The van der Waals surface area contributed by atoms with Crippen LogP contribution in [0.25, 0.3) is 0 Å². The Labute approximate surface area is 80.4 Å². The summed E-state index contributed by atoms with van der Waals surface area (Å²) in [7, 11) is 0. The second-order valence-electron chi connectivity index (χ2n) is 2.85. The molecule has 0 aromatic carbocycles. The third-order valence-corrected chi connectivity index (χ3v) is 2.43. The fraction of sp³-hybridized carbons (Fsp3) is 0.500. The summed E-state index contributed by atoms with van der Waals surface area (Å²) in [6, 6.07) is 1.44. The van der Waals surface area contributed by atoms with Gasteiger partial charge >= 0.3 is 0 Å². The van der Waals surface area contributed by atoms with Crippen LogP contribution in [0.4, 0.5) is 0 Å². The summed E-state index contributed by atoms with van der Waals surface area (Å²) < 4.78 is 0. The van der Waals surface area contributed by atoms with Crippen LogP contribution in [0.1, 0.15) is 12.6 Å². The standard InChI is InChI=1S/C8H12N2O2S/c1-5-3-7(12)10-8(9-5)13-4-6(2)11/h3,6,11H,4H2,1-2H3,(H,9,10,12)/t6-/m1/s1. The molecular formula is C8H12N2O2S. The molecule has 0 fully saturated rings. The number of nitrogens with zero attached hydrogens (tertiary/aromatic N) is 1. The molecule has 1 aromatic heterocycles. The Bertz CT molecular complexity index is 335. The van der Waals surface area contributed by atoms with Gasteiger partial charge in [-0.2, -0.15) is 0 Å². The molecule has 5 heteroatoms. The third-order valence-electron chi connectivity index (χ3n) is 1.31. The van der Waals surface area contributed by atoms with Gasteiger partial charge in [0.15, 0.2) is 5.16 Å². The molecule has 4 nitrogen and oxygen atoms in total. The molecule has 0 saturated carbocycles. The Morgan fingerprint density at radius 2 is 2.46 bits per heavy atom. The van der Waals surface area contributed by atoms with Gasteiger partial charge in [-0.15, -0.1) is 0 Å². The number of nitrogens with one attached hydrogen (secondary N) is 1. The average molecular weight is 200 g/mol. The van der Waals surface area contributed by atoms with Crippen molar-refractivity contribution in [1.29, 1.82) is 0 Å². The molecule has 0 aliphatic heterocycles. The van der Waals surface area contributed by atoms with E-state index in [1.54, 1.807) is 13.8 Å². The number of thioether (sulfide) groups is 1. The van der Waals surface area contributed by atoms with Crippen molar-refractivity contribution >= 4 is 11.8 Å². The van der Waals surface area contributed by atoms with Crippen molar-refractivity contribution in [3.63, 3.8) is 0 Å². The van der Waals surface area contributed by atoms with E-state index in [1.165, 1.54) is 17.8 Å². The summed E-state index contributed by atoms with van der Waals surface area (Å²) in [5.74, 6) is 0.534. The second-order valence-corrected chi connectivity index (χ2v) is 3.86. The zero-order valence-corrected chi connectivity index (χ0v) is 8.39. The topological polar surface area (TPSA) is 66.0 Å². The molecule has 0 bridgehead atoms. The number of aromatic nitrogens is 2. The van der Waals surface area contributed by atoms with Gasteiger partial charge in [-0.1, -0.05) is 11.8 Å². The lowest BCUT2D eigenvalue weighted by Gasteiger charge is -2.02. The highest BCUT2D eigenvalue weighted by Crippen LogP contribution is 2.11. The highest BCUT2D eigenvalue weighted by Gasteiger charge is 2.01. The molecule has 0 saturated heterocycles. The maximum atomic E-state index is 11.0. The summed E-state index contributed by atoms with van der Waals surface area (Å²) in [5.41, 5.74) is 0.539. The van der Waals surface area contributed by atoms with Crippen LogP contribution in [0.5, 0.6) is 0 Å². The molecular weight excluding hydrogens is 188 g/mol. The van der Waals surface area contributed by atoms with Gasteiger partial charge in [0.25, 0.3) is 5.56 Å². The van der Waals surface area contributed by atoms with Crippen molar-refractivity contribution in [2.45, 2.75) is 25.1 Å². The Morgan fingerprint density at radius 3 is 3.00 bits per heavy atom. The smallest absolute Gasteiger partial charge is 0.251 e. The summed E-state index contributed by atoms with van der Waals surface area (Å²) in [6.45, 7) is 3.46. The molecule has 0 unspecified atom stereocenters. The highest BCUT2D eigenvalue weighted by atomic mass is 32.2. The lowest BCUT2D eigenvalue weighted by molar-refractivity contribution is 0.220. The summed E-state index contributed by atoms with van der Waals surface area (Å²) in [5, 5.41) is 9.57. The number of hydrogen-bond acceptors (Lipinski definition) is 4. The number of H-pyrrole nitrogens is 1. The molecule has 0 aliphatic rings. The van der Waals surface area contributed by atoms with Gasteiger partial charge in [0, 0.05) is 17.5 Å². The molecule has 1 atom stereocenters. The molecule has 0 amide bonds. The van der Waals surface area contributed by atoms with Crippen molar-refractivity contribution in [1.82, 2.24) is 9.97 Å². The number of aromatic amines is 1. The van der Waals surface area contributed by atoms with Crippen molar-refractivity contribution in [2.24, 2.45) is 0 Å². The Morgan fingerprint density at radius 1 is 1.77 bits per heavy atom. The molecule has 1 aromatic rings.